The van der Waals surface area contributed by atoms with Gasteiger partial charge in [0.1, 0.15) is 0 Å². The Balaban J connectivity index is 1.50. The van der Waals surface area contributed by atoms with Gasteiger partial charge >= 0.3 is 0 Å². The molecule has 2 aromatic carbocycles. The highest BCUT2D eigenvalue weighted by Crippen LogP contribution is 2.32. The number of hydrogen-bond acceptors (Lipinski definition) is 0. The van der Waals surface area contributed by atoms with Crippen LogP contribution in [0.25, 0.3) is 10.9 Å². The largest absolute Gasteiger partial charge is 0.340 e. The van der Waals surface area contributed by atoms with E-state index in [2.05, 4.69) is 88.3 Å². The molecule has 2 heteroatoms. The van der Waals surface area contributed by atoms with Gasteiger partial charge in [-0.2, -0.15) is 0 Å². The van der Waals surface area contributed by atoms with E-state index in [0.29, 0.717) is 0 Å². The van der Waals surface area contributed by atoms with Crippen molar-refractivity contribution in [1.82, 2.24) is 4.57 Å². The van der Waals surface area contributed by atoms with Crippen molar-refractivity contribution in [1.29, 1.82) is 0 Å². The minimum Gasteiger partial charge on any atom is -0.340 e. The molecule has 0 bridgehead atoms. The van der Waals surface area contributed by atoms with Crippen molar-refractivity contribution in [3.05, 3.63) is 102 Å². The summed E-state index contributed by atoms with van der Waals surface area (Å²) in [5, 5.41) is 1.46. The van der Waals surface area contributed by atoms with Gasteiger partial charge in [0.25, 0.3) is 0 Å². The number of nitrogens with zero attached hydrogens (tertiary/aromatic N) is 2. The number of benzene rings is 2. The van der Waals surface area contributed by atoms with Gasteiger partial charge in [0.15, 0.2) is 18.9 Å². The van der Waals surface area contributed by atoms with E-state index in [0.717, 1.165) is 13.1 Å². The fourth-order valence-electron chi connectivity index (χ4n) is 4.51. The molecular weight excluding hydrogens is 328 g/mol. The van der Waals surface area contributed by atoms with E-state index in [1.165, 1.54) is 47.7 Å². The minimum atomic E-state index is 0.916. The molecule has 2 nitrogen and oxygen atoms in total. The first-order valence-corrected chi connectivity index (χ1v) is 9.99. The van der Waals surface area contributed by atoms with Gasteiger partial charge in [-0.05, 0) is 43.4 Å². The summed E-state index contributed by atoms with van der Waals surface area (Å²) in [7, 11) is 0. The lowest BCUT2D eigenvalue weighted by Gasteiger charge is -2.16. The highest BCUT2D eigenvalue weighted by molar-refractivity contribution is 5.86. The van der Waals surface area contributed by atoms with Crippen LogP contribution in [-0.2, 0) is 25.9 Å². The van der Waals surface area contributed by atoms with Crippen molar-refractivity contribution in [2.45, 2.75) is 38.8 Å². The molecule has 0 aliphatic heterocycles. The molecular formula is C25H25N2+. The third kappa shape index (κ3) is 3.16. The Morgan fingerprint density at radius 1 is 0.778 bits per heavy atom. The quantitative estimate of drug-likeness (QED) is 0.461. The third-order valence-corrected chi connectivity index (χ3v) is 5.75. The molecule has 2 aromatic heterocycles. The fraction of sp³-hybridized carbons (Fsp3) is 0.240. The monoisotopic (exact) mass is 353 g/mol. The number of pyridine rings is 1. The predicted molar refractivity (Wildman–Crippen MR) is 110 cm³/mol. The van der Waals surface area contributed by atoms with E-state index >= 15 is 0 Å². The summed E-state index contributed by atoms with van der Waals surface area (Å²) in [6.45, 7) is 1.87. The van der Waals surface area contributed by atoms with Gasteiger partial charge in [-0.15, -0.1) is 0 Å². The number of hydrogen-bond donors (Lipinski definition) is 0. The van der Waals surface area contributed by atoms with Gasteiger partial charge in [-0.1, -0.05) is 48.5 Å². The molecule has 1 aliphatic rings. The number of fused-ring (bicyclic) bond motifs is 3. The van der Waals surface area contributed by atoms with Crippen LogP contribution in [-0.4, -0.2) is 4.57 Å². The molecule has 5 rings (SSSR count). The topological polar surface area (TPSA) is 8.81 Å². The molecule has 27 heavy (non-hydrogen) atoms. The van der Waals surface area contributed by atoms with E-state index in [4.69, 9.17) is 0 Å². The third-order valence-electron chi connectivity index (χ3n) is 5.75. The average Bonchev–Trinajstić information content (AvgIpc) is 3.03. The maximum atomic E-state index is 2.56. The van der Waals surface area contributed by atoms with Crippen molar-refractivity contribution >= 4 is 10.9 Å². The first-order chi connectivity index (χ1) is 13.4. The van der Waals surface area contributed by atoms with Crippen molar-refractivity contribution in [2.24, 2.45) is 0 Å². The van der Waals surface area contributed by atoms with Crippen molar-refractivity contribution < 1.29 is 4.57 Å². The molecule has 0 amide bonds. The standard InChI is InChI=1S/C25H25N2/c1-2-9-20(10-3-1)17-26-16-8-11-21(18-26)19-27-24-14-6-4-12-22(24)23-13-5-7-15-25(23)27/h1-4,6,8-12,14,16,18H,5,7,13,15,17,19H2/q+1. The second-order valence-corrected chi connectivity index (χ2v) is 7.61. The maximum Gasteiger partial charge on any atom is 0.174 e. The van der Waals surface area contributed by atoms with Crippen molar-refractivity contribution in [2.75, 3.05) is 0 Å². The highest BCUT2D eigenvalue weighted by atomic mass is 15.0. The van der Waals surface area contributed by atoms with E-state index < -0.39 is 0 Å². The molecule has 0 atom stereocenters. The normalized spacial score (nSPS) is 13.6. The van der Waals surface area contributed by atoms with Gasteiger partial charge < -0.3 is 4.57 Å². The van der Waals surface area contributed by atoms with Crippen molar-refractivity contribution in [3.8, 4) is 0 Å². The molecule has 2 heterocycles. The summed E-state index contributed by atoms with van der Waals surface area (Å²) < 4.78 is 4.86. The van der Waals surface area contributed by atoms with E-state index in [-0.39, 0.29) is 0 Å². The van der Waals surface area contributed by atoms with Crippen LogP contribution in [0.1, 0.15) is 35.2 Å². The van der Waals surface area contributed by atoms with Crippen LogP contribution in [0, 0.1) is 0 Å². The Labute approximate surface area is 160 Å². The first kappa shape index (κ1) is 16.3. The number of para-hydroxylation sites is 1. The Kier molecular flexibility index (Phi) is 4.25. The van der Waals surface area contributed by atoms with Crippen LogP contribution in [0.15, 0.2) is 79.1 Å². The van der Waals surface area contributed by atoms with Crippen LogP contribution in [0.4, 0.5) is 0 Å². The summed E-state index contributed by atoms with van der Waals surface area (Å²) in [6.07, 6.45) is 9.54. The van der Waals surface area contributed by atoms with Crippen LogP contribution in [0.3, 0.4) is 0 Å². The van der Waals surface area contributed by atoms with Gasteiger partial charge in [0.2, 0.25) is 0 Å². The summed E-state index contributed by atoms with van der Waals surface area (Å²) >= 11 is 0. The molecule has 0 radical (unpaired) electrons. The molecule has 4 aromatic rings. The highest BCUT2D eigenvalue weighted by Gasteiger charge is 2.20. The Hall–Kier alpha value is -2.87. The predicted octanol–water partition coefficient (Wildman–Crippen LogP) is 4.90. The molecule has 0 spiro atoms. The van der Waals surface area contributed by atoms with E-state index in [1.807, 2.05) is 0 Å². The number of aromatic nitrogens is 2. The van der Waals surface area contributed by atoms with Gasteiger partial charge in [-0.3, -0.25) is 0 Å². The second kappa shape index (κ2) is 7.03. The van der Waals surface area contributed by atoms with Gasteiger partial charge in [-0.25, -0.2) is 4.57 Å². The average molecular weight is 353 g/mol. The number of aryl methyl sites for hydroxylation is 1. The van der Waals surface area contributed by atoms with E-state index in [9.17, 15) is 0 Å². The van der Waals surface area contributed by atoms with Crippen LogP contribution in [0.5, 0.6) is 0 Å². The lowest BCUT2D eigenvalue weighted by Crippen LogP contribution is -2.34. The Morgan fingerprint density at radius 3 is 2.48 bits per heavy atom. The first-order valence-electron chi connectivity index (χ1n) is 9.99. The zero-order valence-electron chi connectivity index (χ0n) is 15.6. The molecule has 0 unspecified atom stereocenters. The Bertz CT molecular complexity index is 1080. The summed E-state index contributed by atoms with van der Waals surface area (Å²) in [5.41, 5.74) is 7.24. The summed E-state index contributed by atoms with van der Waals surface area (Å²) in [6, 6.07) is 24.0. The van der Waals surface area contributed by atoms with Gasteiger partial charge in [0, 0.05) is 33.8 Å². The second-order valence-electron chi connectivity index (χ2n) is 7.61. The van der Waals surface area contributed by atoms with E-state index in [1.54, 1.807) is 11.3 Å². The molecule has 0 saturated carbocycles. The zero-order valence-corrected chi connectivity index (χ0v) is 15.6. The molecule has 0 fully saturated rings. The smallest absolute Gasteiger partial charge is 0.174 e. The Morgan fingerprint density at radius 2 is 1.56 bits per heavy atom. The summed E-state index contributed by atoms with van der Waals surface area (Å²) in [5.74, 6) is 0. The molecule has 134 valence electrons. The number of rotatable bonds is 4. The van der Waals surface area contributed by atoms with Crippen LogP contribution >= 0.6 is 0 Å². The lowest BCUT2D eigenvalue weighted by atomic mass is 9.95. The fourth-order valence-corrected chi connectivity index (χ4v) is 4.51. The minimum absolute atomic E-state index is 0.916. The zero-order chi connectivity index (χ0) is 18.1. The molecule has 0 saturated heterocycles. The summed E-state index contributed by atoms with van der Waals surface area (Å²) in [4.78, 5) is 0. The van der Waals surface area contributed by atoms with Crippen molar-refractivity contribution in [3.63, 3.8) is 0 Å². The molecule has 0 N–H and O–H groups in total. The SMILES string of the molecule is c1ccc(C[n+]2cccc(Cn3c4c(c5ccccc53)CCCC4)c2)cc1. The maximum absolute atomic E-state index is 2.56. The van der Waals surface area contributed by atoms with Gasteiger partial charge in [0.05, 0.1) is 6.54 Å². The molecule has 1 aliphatic carbocycles. The van der Waals surface area contributed by atoms with Crippen LogP contribution < -0.4 is 4.57 Å². The lowest BCUT2D eigenvalue weighted by molar-refractivity contribution is -0.688. The van der Waals surface area contributed by atoms with Crippen LogP contribution in [0.2, 0.25) is 0 Å².